The molecule has 0 aliphatic rings. The molecule has 90 valence electrons. The Kier molecular flexibility index (Phi) is 5.82. The van der Waals surface area contributed by atoms with Crippen molar-refractivity contribution in [2.45, 2.75) is 27.2 Å². The van der Waals surface area contributed by atoms with Crippen molar-refractivity contribution in [1.29, 1.82) is 0 Å². The van der Waals surface area contributed by atoms with Crippen LogP contribution >= 0.6 is 0 Å². The lowest BCUT2D eigenvalue weighted by Gasteiger charge is -2.22. The average Bonchev–Trinajstić information content (AvgIpc) is 2.00. The van der Waals surface area contributed by atoms with Gasteiger partial charge in [0.1, 0.15) is 0 Å². The smallest absolute Gasteiger partial charge is 0.232 e. The summed E-state index contributed by atoms with van der Waals surface area (Å²) in [4.78, 5) is 10.8. The number of carbonyl (C=O) groups excluding carboxylic acids is 1. The van der Waals surface area contributed by atoms with Crippen molar-refractivity contribution in [2.24, 2.45) is 11.7 Å². The van der Waals surface area contributed by atoms with Crippen molar-refractivity contribution in [3.05, 3.63) is 0 Å². The molecule has 0 aliphatic heterocycles. The Morgan fingerprint density at radius 1 is 1.40 bits per heavy atom. The normalized spacial score (nSPS) is 12.3. The van der Waals surface area contributed by atoms with E-state index in [4.69, 9.17) is 5.73 Å². The van der Waals surface area contributed by atoms with Crippen molar-refractivity contribution >= 4 is 15.9 Å². The number of amides is 1. The summed E-state index contributed by atoms with van der Waals surface area (Å²) in [5.41, 5.74) is 5.02. The van der Waals surface area contributed by atoms with Gasteiger partial charge in [-0.15, -0.1) is 0 Å². The molecule has 0 spiro atoms. The summed E-state index contributed by atoms with van der Waals surface area (Å²) >= 11 is 0. The van der Waals surface area contributed by atoms with E-state index in [0.717, 1.165) is 0 Å². The van der Waals surface area contributed by atoms with Gasteiger partial charge in [0.15, 0.2) is 0 Å². The number of hydrogen-bond donors (Lipinski definition) is 1. The maximum atomic E-state index is 11.7. The molecule has 5 nitrogen and oxygen atoms in total. The zero-order valence-electron chi connectivity index (χ0n) is 9.56. The molecule has 2 N–H and O–H groups in total. The highest BCUT2D eigenvalue weighted by Crippen LogP contribution is 2.07. The number of primary amides is 1. The maximum absolute atomic E-state index is 11.7. The van der Waals surface area contributed by atoms with Crippen molar-refractivity contribution in [3.8, 4) is 0 Å². The number of rotatable bonds is 7. The van der Waals surface area contributed by atoms with Gasteiger partial charge in [0.25, 0.3) is 0 Å². The summed E-state index contributed by atoms with van der Waals surface area (Å²) in [6.07, 6.45) is 0.537. The number of nitrogens with two attached hydrogens (primary N) is 1. The molecular formula is C9H20N2O3S. The Bertz CT molecular complexity index is 298. The average molecular weight is 236 g/mol. The first kappa shape index (κ1) is 14.4. The van der Waals surface area contributed by atoms with Crippen molar-refractivity contribution < 1.29 is 13.2 Å². The summed E-state index contributed by atoms with van der Waals surface area (Å²) < 4.78 is 24.6. The third-order valence-electron chi connectivity index (χ3n) is 1.76. The van der Waals surface area contributed by atoms with Crippen LogP contribution in [0.15, 0.2) is 0 Å². The second kappa shape index (κ2) is 6.07. The first-order chi connectivity index (χ1) is 6.79. The molecule has 0 aromatic rings. The SMILES string of the molecule is CCCS(=O)(=O)N(CC(N)=O)CC(C)C. The van der Waals surface area contributed by atoms with Gasteiger partial charge in [-0.25, -0.2) is 8.42 Å². The highest BCUT2D eigenvalue weighted by molar-refractivity contribution is 7.89. The number of carbonyl (C=O) groups is 1. The molecule has 0 heterocycles. The molecule has 0 atom stereocenters. The molecule has 1 amide bonds. The Morgan fingerprint density at radius 3 is 2.27 bits per heavy atom. The first-order valence-corrected chi connectivity index (χ1v) is 6.66. The first-order valence-electron chi connectivity index (χ1n) is 5.05. The van der Waals surface area contributed by atoms with Gasteiger partial charge < -0.3 is 5.73 Å². The Balaban J connectivity index is 4.68. The predicted octanol–water partition coefficient (Wildman–Crippen LogP) is 0.170. The van der Waals surface area contributed by atoms with E-state index in [1.54, 1.807) is 6.92 Å². The van der Waals surface area contributed by atoms with Crippen molar-refractivity contribution in [1.82, 2.24) is 4.31 Å². The van der Waals surface area contributed by atoms with E-state index in [-0.39, 0.29) is 18.2 Å². The summed E-state index contributed by atoms with van der Waals surface area (Å²) in [5.74, 6) is -0.376. The molecule has 0 aromatic carbocycles. The number of hydrogen-bond acceptors (Lipinski definition) is 3. The van der Waals surface area contributed by atoms with Gasteiger partial charge in [0.2, 0.25) is 15.9 Å². The Morgan fingerprint density at radius 2 is 1.93 bits per heavy atom. The van der Waals surface area contributed by atoms with Crippen molar-refractivity contribution in [2.75, 3.05) is 18.8 Å². The van der Waals surface area contributed by atoms with E-state index in [0.29, 0.717) is 13.0 Å². The second-order valence-electron chi connectivity index (χ2n) is 3.97. The second-order valence-corrected chi connectivity index (χ2v) is 6.06. The van der Waals surface area contributed by atoms with Crippen LogP contribution in [0.3, 0.4) is 0 Å². The lowest BCUT2D eigenvalue weighted by Crippen LogP contribution is -2.41. The highest BCUT2D eigenvalue weighted by Gasteiger charge is 2.23. The van der Waals surface area contributed by atoms with Gasteiger partial charge in [-0.05, 0) is 12.3 Å². The fourth-order valence-corrected chi connectivity index (χ4v) is 2.87. The Labute approximate surface area is 91.7 Å². The van der Waals surface area contributed by atoms with Crippen LogP contribution < -0.4 is 5.73 Å². The van der Waals surface area contributed by atoms with E-state index >= 15 is 0 Å². The van der Waals surface area contributed by atoms with Crippen LogP contribution in [0, 0.1) is 5.92 Å². The molecule has 0 unspecified atom stereocenters. The molecule has 0 aromatic heterocycles. The number of sulfonamides is 1. The zero-order chi connectivity index (χ0) is 12.1. The largest absolute Gasteiger partial charge is 0.369 e. The van der Waals surface area contributed by atoms with Crippen LogP contribution in [0.25, 0.3) is 0 Å². The lowest BCUT2D eigenvalue weighted by molar-refractivity contribution is -0.118. The van der Waals surface area contributed by atoms with Crippen LogP contribution in [-0.2, 0) is 14.8 Å². The van der Waals surface area contributed by atoms with E-state index in [1.165, 1.54) is 4.31 Å². The molecule has 0 fully saturated rings. The summed E-state index contributed by atoms with van der Waals surface area (Å²) in [6, 6.07) is 0. The third kappa shape index (κ3) is 5.74. The van der Waals surface area contributed by atoms with E-state index in [1.807, 2.05) is 13.8 Å². The molecule has 6 heteroatoms. The predicted molar refractivity (Wildman–Crippen MR) is 59.7 cm³/mol. The van der Waals surface area contributed by atoms with Gasteiger partial charge in [0.05, 0.1) is 12.3 Å². The van der Waals surface area contributed by atoms with Crippen LogP contribution in [0.2, 0.25) is 0 Å². The monoisotopic (exact) mass is 236 g/mol. The molecule has 0 aliphatic carbocycles. The summed E-state index contributed by atoms with van der Waals surface area (Å²) in [5, 5.41) is 0. The van der Waals surface area contributed by atoms with Crippen LogP contribution in [0.4, 0.5) is 0 Å². The third-order valence-corrected chi connectivity index (χ3v) is 3.75. The molecule has 15 heavy (non-hydrogen) atoms. The zero-order valence-corrected chi connectivity index (χ0v) is 10.4. The molecule has 0 saturated carbocycles. The van der Waals surface area contributed by atoms with Crippen LogP contribution in [0.1, 0.15) is 27.2 Å². The molecule has 0 bridgehead atoms. The van der Waals surface area contributed by atoms with E-state index in [9.17, 15) is 13.2 Å². The minimum atomic E-state index is -3.33. The standard InChI is InChI=1S/C9H20N2O3S/c1-4-5-15(13,14)11(6-8(2)3)7-9(10)12/h8H,4-7H2,1-3H3,(H2,10,12). The quantitative estimate of drug-likeness (QED) is 0.684. The fraction of sp³-hybridized carbons (Fsp3) is 0.889. The molecular weight excluding hydrogens is 216 g/mol. The minimum absolute atomic E-state index is 0.0625. The van der Waals surface area contributed by atoms with Crippen LogP contribution in [0.5, 0.6) is 0 Å². The van der Waals surface area contributed by atoms with Gasteiger partial charge in [0, 0.05) is 6.54 Å². The minimum Gasteiger partial charge on any atom is -0.369 e. The maximum Gasteiger partial charge on any atom is 0.232 e. The summed E-state index contributed by atoms with van der Waals surface area (Å²) in [6.45, 7) is 5.70. The van der Waals surface area contributed by atoms with Gasteiger partial charge in [-0.3, -0.25) is 4.79 Å². The van der Waals surface area contributed by atoms with Crippen LogP contribution in [-0.4, -0.2) is 37.5 Å². The summed E-state index contributed by atoms with van der Waals surface area (Å²) in [7, 11) is -3.33. The van der Waals surface area contributed by atoms with Gasteiger partial charge in [-0.2, -0.15) is 4.31 Å². The van der Waals surface area contributed by atoms with E-state index in [2.05, 4.69) is 0 Å². The van der Waals surface area contributed by atoms with Crippen molar-refractivity contribution in [3.63, 3.8) is 0 Å². The topological polar surface area (TPSA) is 80.5 Å². The lowest BCUT2D eigenvalue weighted by atomic mass is 10.2. The number of nitrogens with zero attached hydrogens (tertiary/aromatic N) is 1. The van der Waals surface area contributed by atoms with Gasteiger partial charge >= 0.3 is 0 Å². The van der Waals surface area contributed by atoms with Gasteiger partial charge in [-0.1, -0.05) is 20.8 Å². The fourth-order valence-electron chi connectivity index (χ4n) is 1.24. The highest BCUT2D eigenvalue weighted by atomic mass is 32.2. The molecule has 0 rings (SSSR count). The van der Waals surface area contributed by atoms with E-state index < -0.39 is 15.9 Å². The molecule has 0 radical (unpaired) electrons. The Hall–Kier alpha value is -0.620. The molecule has 0 saturated heterocycles.